The molecule has 126 valence electrons. The Morgan fingerprint density at radius 1 is 0.880 bits per heavy atom. The molecule has 2 aromatic carbocycles. The molecule has 0 radical (unpaired) electrons. The van der Waals surface area contributed by atoms with Gasteiger partial charge in [-0.25, -0.2) is 0 Å². The number of aromatic amines is 1. The molecule has 0 saturated carbocycles. The van der Waals surface area contributed by atoms with Gasteiger partial charge in [-0.15, -0.1) is 0 Å². The fourth-order valence-electron chi connectivity index (χ4n) is 2.71. The second-order valence-electron chi connectivity index (χ2n) is 5.60. The first-order chi connectivity index (χ1) is 12.0. The van der Waals surface area contributed by atoms with Gasteiger partial charge in [0.05, 0.1) is 17.0 Å². The van der Waals surface area contributed by atoms with Crippen molar-refractivity contribution in [3.63, 3.8) is 0 Å². The van der Waals surface area contributed by atoms with Crippen LogP contribution < -0.4 is 4.74 Å². The van der Waals surface area contributed by atoms with Crippen molar-refractivity contribution in [3.8, 4) is 28.3 Å². The number of hydrogen-bond acceptors (Lipinski definition) is 3. The van der Waals surface area contributed by atoms with E-state index in [9.17, 15) is 9.59 Å². The number of benzene rings is 2. The van der Waals surface area contributed by atoms with E-state index in [0.29, 0.717) is 22.0 Å². The Morgan fingerprint density at radius 2 is 1.48 bits per heavy atom. The van der Waals surface area contributed by atoms with E-state index in [0.717, 1.165) is 11.1 Å². The van der Waals surface area contributed by atoms with E-state index in [1.807, 2.05) is 42.5 Å². The first kappa shape index (κ1) is 17.0. The van der Waals surface area contributed by atoms with Crippen LogP contribution in [0.25, 0.3) is 22.5 Å². The van der Waals surface area contributed by atoms with Crippen molar-refractivity contribution < 1.29 is 14.3 Å². The molecular formula is C20H16ClNO3. The lowest BCUT2D eigenvalue weighted by molar-refractivity contribution is -0.131. The van der Waals surface area contributed by atoms with Gasteiger partial charge in [-0.2, -0.15) is 0 Å². The maximum atomic E-state index is 12.3. The number of hydrogen-bond donors (Lipinski definition) is 1. The summed E-state index contributed by atoms with van der Waals surface area (Å²) in [5.74, 6) is -0.433. The van der Waals surface area contributed by atoms with Crippen molar-refractivity contribution in [3.05, 3.63) is 65.2 Å². The number of Topliss-reactive ketones (excluding diaryl/α,β-unsaturated/α-hetero) is 1. The van der Waals surface area contributed by atoms with Crippen LogP contribution in [0.1, 0.15) is 24.2 Å². The van der Waals surface area contributed by atoms with Gasteiger partial charge >= 0.3 is 5.97 Å². The van der Waals surface area contributed by atoms with E-state index < -0.39 is 5.97 Å². The number of halogens is 1. The average Bonchev–Trinajstić information content (AvgIpc) is 2.95. The summed E-state index contributed by atoms with van der Waals surface area (Å²) < 4.78 is 5.40. The maximum Gasteiger partial charge on any atom is 0.308 e. The molecule has 0 aliphatic carbocycles. The highest BCUT2D eigenvalue weighted by atomic mass is 35.5. The fraction of sp³-hybridized carbons (Fsp3) is 0.100. The second kappa shape index (κ2) is 6.95. The molecule has 0 spiro atoms. The van der Waals surface area contributed by atoms with Gasteiger partial charge in [-0.05, 0) is 24.6 Å². The predicted molar refractivity (Wildman–Crippen MR) is 98.0 cm³/mol. The van der Waals surface area contributed by atoms with Crippen LogP contribution in [0.5, 0.6) is 5.75 Å². The summed E-state index contributed by atoms with van der Waals surface area (Å²) in [4.78, 5) is 27.2. The lowest BCUT2D eigenvalue weighted by atomic mass is 10.0. The highest BCUT2D eigenvalue weighted by molar-refractivity contribution is 6.30. The third kappa shape index (κ3) is 3.49. The topological polar surface area (TPSA) is 59.2 Å². The maximum absolute atomic E-state index is 12.3. The molecule has 5 heteroatoms. The number of carbonyl (C=O) groups is 2. The molecule has 0 bridgehead atoms. The number of esters is 1. The van der Waals surface area contributed by atoms with Crippen molar-refractivity contribution in [2.75, 3.05) is 0 Å². The lowest BCUT2D eigenvalue weighted by Crippen LogP contribution is -2.05. The fourth-order valence-corrected chi connectivity index (χ4v) is 2.83. The smallest absolute Gasteiger partial charge is 0.308 e. The van der Waals surface area contributed by atoms with Crippen molar-refractivity contribution in [2.45, 2.75) is 13.8 Å². The molecule has 25 heavy (non-hydrogen) atoms. The zero-order valence-corrected chi connectivity index (χ0v) is 14.6. The second-order valence-corrected chi connectivity index (χ2v) is 6.04. The third-order valence-corrected chi connectivity index (χ3v) is 4.00. The molecule has 3 aromatic rings. The summed E-state index contributed by atoms with van der Waals surface area (Å²) in [5.41, 5.74) is 3.13. The van der Waals surface area contributed by atoms with Crippen molar-refractivity contribution >= 4 is 23.4 Å². The van der Waals surface area contributed by atoms with Crippen LogP contribution in [0.15, 0.2) is 54.6 Å². The van der Waals surface area contributed by atoms with Gasteiger partial charge < -0.3 is 9.72 Å². The number of rotatable bonds is 4. The van der Waals surface area contributed by atoms with Crippen LogP contribution in [0.2, 0.25) is 5.02 Å². The van der Waals surface area contributed by atoms with Gasteiger partial charge in [0.2, 0.25) is 0 Å². The van der Waals surface area contributed by atoms with Gasteiger partial charge in [0.1, 0.15) is 0 Å². The van der Waals surface area contributed by atoms with E-state index in [2.05, 4.69) is 4.98 Å². The van der Waals surface area contributed by atoms with Crippen LogP contribution in [0.3, 0.4) is 0 Å². The number of ether oxygens (including phenoxy) is 1. The molecule has 0 aliphatic rings. The Morgan fingerprint density at radius 3 is 2.04 bits per heavy atom. The highest BCUT2D eigenvalue weighted by Crippen LogP contribution is 2.40. The van der Waals surface area contributed by atoms with Gasteiger partial charge in [0, 0.05) is 17.5 Å². The molecule has 0 saturated heterocycles. The molecule has 0 fully saturated rings. The standard InChI is InChI=1S/C20H16ClNO3/c1-12(23)17-18(15-8-10-16(21)11-9-15)22-19(20(17)25-13(2)24)14-6-4-3-5-7-14/h3-11,22H,1-2H3. The molecule has 3 rings (SSSR count). The normalized spacial score (nSPS) is 10.5. The molecule has 1 aromatic heterocycles. The molecule has 0 atom stereocenters. The number of nitrogens with one attached hydrogen (secondary N) is 1. The quantitative estimate of drug-likeness (QED) is 0.522. The predicted octanol–water partition coefficient (Wildman–Crippen LogP) is 5.13. The molecule has 1 heterocycles. The van der Waals surface area contributed by atoms with Gasteiger partial charge in [0.15, 0.2) is 11.5 Å². The van der Waals surface area contributed by atoms with E-state index in [-0.39, 0.29) is 11.5 Å². The van der Waals surface area contributed by atoms with Gasteiger partial charge in [-0.1, -0.05) is 54.1 Å². The Balaban J connectivity index is 2.28. The number of ketones is 1. The Labute approximate surface area is 150 Å². The lowest BCUT2D eigenvalue weighted by Gasteiger charge is -2.06. The average molecular weight is 354 g/mol. The summed E-state index contributed by atoms with van der Waals surface area (Å²) in [5, 5.41) is 0.600. The first-order valence-electron chi connectivity index (χ1n) is 7.74. The van der Waals surface area contributed by atoms with Crippen LogP contribution in [0.4, 0.5) is 0 Å². The van der Waals surface area contributed by atoms with Gasteiger partial charge in [0.25, 0.3) is 0 Å². The first-order valence-corrected chi connectivity index (χ1v) is 8.12. The number of H-pyrrole nitrogens is 1. The van der Waals surface area contributed by atoms with Crippen molar-refractivity contribution in [1.82, 2.24) is 4.98 Å². The minimum Gasteiger partial charge on any atom is -0.424 e. The molecule has 0 amide bonds. The number of aromatic nitrogens is 1. The van der Waals surface area contributed by atoms with Crippen molar-refractivity contribution in [2.24, 2.45) is 0 Å². The Bertz CT molecular complexity index is 928. The van der Waals surface area contributed by atoms with Gasteiger partial charge in [-0.3, -0.25) is 9.59 Å². The van der Waals surface area contributed by atoms with E-state index >= 15 is 0 Å². The van der Waals surface area contributed by atoms with E-state index in [1.165, 1.54) is 13.8 Å². The Kier molecular flexibility index (Phi) is 4.72. The SMILES string of the molecule is CC(=O)Oc1c(-c2ccccc2)[nH]c(-c2ccc(Cl)cc2)c1C(C)=O. The summed E-state index contributed by atoms with van der Waals surface area (Å²) in [6, 6.07) is 16.5. The summed E-state index contributed by atoms with van der Waals surface area (Å²) in [6.07, 6.45) is 0. The molecule has 0 aliphatic heterocycles. The number of carbonyl (C=O) groups excluding carboxylic acids is 2. The van der Waals surface area contributed by atoms with Crippen LogP contribution in [-0.4, -0.2) is 16.7 Å². The van der Waals surface area contributed by atoms with Crippen molar-refractivity contribution in [1.29, 1.82) is 0 Å². The molecule has 4 nitrogen and oxygen atoms in total. The summed E-state index contributed by atoms with van der Waals surface area (Å²) in [7, 11) is 0. The summed E-state index contributed by atoms with van der Waals surface area (Å²) >= 11 is 5.96. The molecular weight excluding hydrogens is 338 g/mol. The third-order valence-electron chi connectivity index (χ3n) is 3.75. The minimum atomic E-state index is -0.485. The van der Waals surface area contributed by atoms with E-state index in [1.54, 1.807) is 12.1 Å². The summed E-state index contributed by atoms with van der Waals surface area (Å²) in [6.45, 7) is 2.76. The van der Waals surface area contributed by atoms with E-state index in [4.69, 9.17) is 16.3 Å². The largest absolute Gasteiger partial charge is 0.424 e. The Hall–Kier alpha value is -2.85. The minimum absolute atomic E-state index is 0.195. The molecule has 1 N–H and O–H groups in total. The monoisotopic (exact) mass is 353 g/mol. The zero-order valence-electron chi connectivity index (χ0n) is 13.8. The van der Waals surface area contributed by atoms with Crippen LogP contribution >= 0.6 is 11.6 Å². The molecule has 0 unspecified atom stereocenters. The highest BCUT2D eigenvalue weighted by Gasteiger charge is 2.25. The zero-order chi connectivity index (χ0) is 18.0. The van der Waals surface area contributed by atoms with Crippen LogP contribution in [0, 0.1) is 0 Å². The van der Waals surface area contributed by atoms with Crippen LogP contribution in [-0.2, 0) is 4.79 Å².